The van der Waals surface area contributed by atoms with Gasteiger partial charge >= 0.3 is 0 Å². The Labute approximate surface area is 211 Å². The van der Waals surface area contributed by atoms with E-state index in [4.69, 9.17) is 28.8 Å². The number of fused-ring (bicyclic) bond motifs is 1. The minimum Gasteiger partial charge on any atom is -0.363 e. The molecule has 0 bridgehead atoms. The van der Waals surface area contributed by atoms with Crippen molar-refractivity contribution in [1.29, 1.82) is 0 Å². The normalized spacial score (nSPS) is 19.3. The number of hydrogen-bond acceptors (Lipinski definition) is 5. The van der Waals surface area contributed by atoms with Crippen LogP contribution in [-0.4, -0.2) is 86.1 Å². The molecule has 2 aliphatic rings. The van der Waals surface area contributed by atoms with Gasteiger partial charge in [0.05, 0.1) is 11.4 Å². The number of benzene rings is 2. The highest BCUT2D eigenvalue weighted by atomic mass is 35.5. The SMILES string of the molecule is CN1CCN(CCCNC(=S)NC2N=C(c3ccccc3)c3cc(Cl)ccc3N(C)C2=O)CC1. The molecule has 0 aliphatic carbocycles. The van der Waals surface area contributed by atoms with Gasteiger partial charge in [-0.2, -0.15) is 0 Å². The van der Waals surface area contributed by atoms with E-state index in [2.05, 4.69) is 27.5 Å². The molecule has 1 saturated heterocycles. The van der Waals surface area contributed by atoms with Crippen LogP contribution in [0, 0.1) is 0 Å². The lowest BCUT2D eigenvalue weighted by molar-refractivity contribution is -0.119. The van der Waals surface area contributed by atoms with Crippen molar-refractivity contribution in [2.75, 3.05) is 58.3 Å². The van der Waals surface area contributed by atoms with Crippen LogP contribution in [-0.2, 0) is 4.79 Å². The van der Waals surface area contributed by atoms with Crippen LogP contribution < -0.4 is 15.5 Å². The number of thiocarbonyl (C=S) groups is 1. The number of hydrogen-bond donors (Lipinski definition) is 2. The molecule has 2 aromatic carbocycles. The summed E-state index contributed by atoms with van der Waals surface area (Å²) in [6, 6.07) is 15.3. The predicted octanol–water partition coefficient (Wildman–Crippen LogP) is 2.58. The van der Waals surface area contributed by atoms with Crippen LogP contribution in [0.25, 0.3) is 0 Å². The Morgan fingerprint density at radius 1 is 1.12 bits per heavy atom. The monoisotopic (exact) mass is 498 g/mol. The zero-order valence-corrected chi connectivity index (χ0v) is 21.2. The summed E-state index contributed by atoms with van der Waals surface area (Å²) in [5, 5.41) is 7.37. The standard InChI is InChI=1S/C25H31ClN6OS/c1-30-13-15-32(16-14-30)12-6-11-27-25(34)29-23-24(33)31(2)21-10-9-19(26)17-20(21)22(28-23)18-7-4-3-5-8-18/h3-5,7-10,17,23H,6,11-16H2,1-2H3,(H2,27,29,34). The third kappa shape index (κ3) is 5.93. The second-order valence-corrected chi connectivity index (χ2v) is 9.55. The summed E-state index contributed by atoms with van der Waals surface area (Å²) in [5.41, 5.74) is 3.18. The van der Waals surface area contributed by atoms with Crippen molar-refractivity contribution in [2.24, 2.45) is 4.99 Å². The molecule has 2 aliphatic heterocycles. The van der Waals surface area contributed by atoms with Crippen molar-refractivity contribution >= 4 is 46.2 Å². The van der Waals surface area contributed by atoms with E-state index >= 15 is 0 Å². The number of anilines is 1. The molecule has 0 radical (unpaired) electrons. The average molecular weight is 499 g/mol. The fourth-order valence-electron chi connectivity index (χ4n) is 4.22. The number of amides is 1. The quantitative estimate of drug-likeness (QED) is 0.471. The molecule has 2 heterocycles. The molecule has 0 saturated carbocycles. The van der Waals surface area contributed by atoms with Gasteiger partial charge in [-0.3, -0.25) is 4.79 Å². The van der Waals surface area contributed by atoms with E-state index in [0.29, 0.717) is 15.8 Å². The van der Waals surface area contributed by atoms with Crippen LogP contribution in [0.2, 0.25) is 5.02 Å². The first-order chi connectivity index (χ1) is 16.4. The van der Waals surface area contributed by atoms with Crippen molar-refractivity contribution in [3.8, 4) is 0 Å². The van der Waals surface area contributed by atoms with Crippen molar-refractivity contribution in [2.45, 2.75) is 12.6 Å². The number of likely N-dealkylation sites (N-methyl/N-ethyl adjacent to an activating group) is 2. The van der Waals surface area contributed by atoms with Crippen LogP contribution in [0.1, 0.15) is 17.5 Å². The minimum absolute atomic E-state index is 0.184. The first kappa shape index (κ1) is 24.6. The molecule has 9 heteroatoms. The van der Waals surface area contributed by atoms with Crippen LogP contribution in [0.4, 0.5) is 5.69 Å². The van der Waals surface area contributed by atoms with E-state index < -0.39 is 6.17 Å². The summed E-state index contributed by atoms with van der Waals surface area (Å²) in [7, 11) is 3.91. The first-order valence-corrected chi connectivity index (χ1v) is 12.4. The van der Waals surface area contributed by atoms with Crippen molar-refractivity contribution in [3.63, 3.8) is 0 Å². The van der Waals surface area contributed by atoms with Gasteiger partial charge < -0.3 is 25.3 Å². The molecular weight excluding hydrogens is 468 g/mol. The number of nitrogens with zero attached hydrogens (tertiary/aromatic N) is 4. The fraction of sp³-hybridized carbons (Fsp3) is 0.400. The molecule has 0 spiro atoms. The van der Waals surface area contributed by atoms with Gasteiger partial charge in [0.2, 0.25) is 6.17 Å². The van der Waals surface area contributed by atoms with Gasteiger partial charge in [-0.25, -0.2) is 4.99 Å². The fourth-order valence-corrected chi connectivity index (χ4v) is 4.60. The number of carbonyl (C=O) groups is 1. The van der Waals surface area contributed by atoms with Gasteiger partial charge in [0, 0.05) is 55.9 Å². The summed E-state index contributed by atoms with van der Waals surface area (Å²) in [6.07, 6.45) is 0.135. The lowest BCUT2D eigenvalue weighted by atomic mass is 10.0. The topological polar surface area (TPSA) is 63.2 Å². The number of piperazine rings is 1. The van der Waals surface area contributed by atoms with Gasteiger partial charge in [-0.15, -0.1) is 0 Å². The molecule has 2 N–H and O–H groups in total. The molecule has 1 amide bonds. The highest BCUT2D eigenvalue weighted by Crippen LogP contribution is 2.29. The number of halogens is 1. The molecule has 1 fully saturated rings. The molecule has 34 heavy (non-hydrogen) atoms. The zero-order valence-electron chi connectivity index (χ0n) is 19.6. The Morgan fingerprint density at radius 3 is 2.59 bits per heavy atom. The van der Waals surface area contributed by atoms with Gasteiger partial charge in [0.1, 0.15) is 0 Å². The van der Waals surface area contributed by atoms with E-state index in [-0.39, 0.29) is 5.91 Å². The Kier molecular flexibility index (Phi) is 8.15. The number of carbonyl (C=O) groups excluding carboxylic acids is 1. The smallest absolute Gasteiger partial charge is 0.272 e. The van der Waals surface area contributed by atoms with E-state index in [1.807, 2.05) is 42.5 Å². The second-order valence-electron chi connectivity index (χ2n) is 8.70. The third-order valence-electron chi connectivity index (χ3n) is 6.25. The molecule has 0 aromatic heterocycles. The Balaban J connectivity index is 1.45. The number of aliphatic imine (C=N–C) groups is 1. The van der Waals surface area contributed by atoms with Crippen LogP contribution in [0.15, 0.2) is 53.5 Å². The number of rotatable bonds is 6. The highest BCUT2D eigenvalue weighted by Gasteiger charge is 2.30. The predicted molar refractivity (Wildman–Crippen MR) is 143 cm³/mol. The highest BCUT2D eigenvalue weighted by molar-refractivity contribution is 7.80. The van der Waals surface area contributed by atoms with Crippen molar-refractivity contribution in [1.82, 2.24) is 20.4 Å². The van der Waals surface area contributed by atoms with Crippen LogP contribution in [0.3, 0.4) is 0 Å². The average Bonchev–Trinajstić information content (AvgIpc) is 2.94. The second kappa shape index (κ2) is 11.3. The first-order valence-electron chi connectivity index (χ1n) is 11.6. The summed E-state index contributed by atoms with van der Waals surface area (Å²) in [6.45, 7) is 6.19. The Bertz CT molecular complexity index is 1050. The third-order valence-corrected chi connectivity index (χ3v) is 6.74. The maximum atomic E-state index is 13.3. The summed E-state index contributed by atoms with van der Waals surface area (Å²) < 4.78 is 0. The van der Waals surface area contributed by atoms with Crippen molar-refractivity contribution < 1.29 is 4.79 Å². The molecule has 180 valence electrons. The van der Waals surface area contributed by atoms with Gasteiger partial charge in [0.25, 0.3) is 5.91 Å². The van der Waals surface area contributed by atoms with Gasteiger partial charge in [-0.05, 0) is 50.4 Å². The summed E-state index contributed by atoms with van der Waals surface area (Å²) in [5.74, 6) is -0.184. The van der Waals surface area contributed by atoms with E-state index in [1.165, 1.54) is 0 Å². The zero-order chi connectivity index (χ0) is 24.1. The van der Waals surface area contributed by atoms with E-state index in [0.717, 1.165) is 62.5 Å². The number of benzodiazepines with no additional fused rings is 1. The van der Waals surface area contributed by atoms with E-state index in [1.54, 1.807) is 18.0 Å². The lowest BCUT2D eigenvalue weighted by Gasteiger charge is -2.32. The molecule has 1 unspecified atom stereocenters. The van der Waals surface area contributed by atoms with Crippen LogP contribution in [0.5, 0.6) is 0 Å². The largest absolute Gasteiger partial charge is 0.363 e. The summed E-state index contributed by atoms with van der Waals surface area (Å²) in [4.78, 5) is 24.6. The molecule has 7 nitrogen and oxygen atoms in total. The molecule has 4 rings (SSSR count). The molecule has 1 atom stereocenters. The maximum Gasteiger partial charge on any atom is 0.272 e. The molecule has 2 aromatic rings. The lowest BCUT2D eigenvalue weighted by Crippen LogP contribution is -2.49. The van der Waals surface area contributed by atoms with Crippen LogP contribution >= 0.6 is 23.8 Å². The maximum absolute atomic E-state index is 13.3. The number of nitrogens with one attached hydrogen (secondary N) is 2. The minimum atomic E-state index is -0.844. The van der Waals surface area contributed by atoms with Crippen molar-refractivity contribution in [3.05, 3.63) is 64.7 Å². The Hall–Kier alpha value is -2.52. The van der Waals surface area contributed by atoms with Gasteiger partial charge in [0.15, 0.2) is 5.11 Å². The summed E-state index contributed by atoms with van der Waals surface area (Å²) >= 11 is 11.8. The van der Waals surface area contributed by atoms with Gasteiger partial charge in [-0.1, -0.05) is 41.9 Å². The molecular formula is C25H31ClN6OS. The Morgan fingerprint density at radius 2 is 1.85 bits per heavy atom. The van der Waals surface area contributed by atoms with E-state index in [9.17, 15) is 4.79 Å².